The van der Waals surface area contributed by atoms with Gasteiger partial charge in [-0.05, 0) is 36.8 Å². The Balaban J connectivity index is 2.22. The SMILES string of the molecule is CCOc1cccc(-c2cn3ccccc3c2C(=O)O)c1. The lowest BCUT2D eigenvalue weighted by atomic mass is 10.0. The summed E-state index contributed by atoms with van der Waals surface area (Å²) in [5, 5.41) is 9.54. The van der Waals surface area contributed by atoms with Crippen molar-refractivity contribution in [2.45, 2.75) is 6.92 Å². The lowest BCUT2D eigenvalue weighted by Crippen LogP contribution is -1.98. The van der Waals surface area contributed by atoms with Crippen LogP contribution in [0.3, 0.4) is 0 Å². The molecule has 2 aromatic heterocycles. The molecule has 1 N–H and O–H groups in total. The predicted molar refractivity (Wildman–Crippen MR) is 81.0 cm³/mol. The summed E-state index contributed by atoms with van der Waals surface area (Å²) in [6.45, 7) is 2.50. The lowest BCUT2D eigenvalue weighted by molar-refractivity contribution is 0.0700. The van der Waals surface area contributed by atoms with E-state index in [0.29, 0.717) is 23.3 Å². The van der Waals surface area contributed by atoms with Crippen LogP contribution >= 0.6 is 0 Å². The van der Waals surface area contributed by atoms with Gasteiger partial charge in [0.1, 0.15) is 5.75 Å². The molecule has 0 saturated heterocycles. The second-order valence-corrected chi connectivity index (χ2v) is 4.68. The number of fused-ring (bicyclic) bond motifs is 1. The molecule has 0 unspecified atom stereocenters. The number of hydrogen-bond donors (Lipinski definition) is 1. The third kappa shape index (κ3) is 2.36. The number of nitrogens with zero attached hydrogens (tertiary/aromatic N) is 1. The van der Waals surface area contributed by atoms with Crippen molar-refractivity contribution in [1.82, 2.24) is 4.40 Å². The minimum absolute atomic E-state index is 0.309. The number of carbonyl (C=O) groups is 1. The molecule has 0 atom stereocenters. The maximum absolute atomic E-state index is 11.6. The van der Waals surface area contributed by atoms with Crippen molar-refractivity contribution in [3.05, 3.63) is 60.4 Å². The van der Waals surface area contributed by atoms with E-state index in [1.807, 2.05) is 60.1 Å². The first-order valence-corrected chi connectivity index (χ1v) is 6.77. The van der Waals surface area contributed by atoms with E-state index < -0.39 is 5.97 Å². The van der Waals surface area contributed by atoms with Crippen LogP contribution in [0, 0.1) is 0 Å². The first-order chi connectivity index (χ1) is 10.2. The standard InChI is InChI=1S/C17H15NO3/c1-2-21-13-7-5-6-12(10-13)14-11-18-9-4-3-8-15(18)16(14)17(19)20/h3-11H,2H2,1H3,(H,19,20). The van der Waals surface area contributed by atoms with E-state index in [2.05, 4.69) is 0 Å². The van der Waals surface area contributed by atoms with Crippen molar-refractivity contribution in [2.75, 3.05) is 6.61 Å². The predicted octanol–water partition coefficient (Wildman–Crippen LogP) is 3.70. The molecular weight excluding hydrogens is 266 g/mol. The monoisotopic (exact) mass is 281 g/mol. The largest absolute Gasteiger partial charge is 0.494 e. The summed E-state index contributed by atoms with van der Waals surface area (Å²) in [6, 6.07) is 13.0. The van der Waals surface area contributed by atoms with Gasteiger partial charge in [0.2, 0.25) is 0 Å². The highest BCUT2D eigenvalue weighted by molar-refractivity contribution is 6.03. The maximum atomic E-state index is 11.6. The molecule has 0 spiro atoms. The molecule has 0 amide bonds. The van der Waals surface area contributed by atoms with Gasteiger partial charge in [0.25, 0.3) is 0 Å². The number of ether oxygens (including phenoxy) is 1. The zero-order valence-electron chi connectivity index (χ0n) is 11.6. The summed E-state index contributed by atoms with van der Waals surface area (Å²) in [5.41, 5.74) is 2.52. The topological polar surface area (TPSA) is 50.9 Å². The van der Waals surface area contributed by atoms with Crippen molar-refractivity contribution in [3.8, 4) is 16.9 Å². The van der Waals surface area contributed by atoms with Gasteiger partial charge in [0.15, 0.2) is 0 Å². The van der Waals surface area contributed by atoms with Crippen LogP contribution in [0.2, 0.25) is 0 Å². The average Bonchev–Trinajstić information content (AvgIpc) is 2.87. The molecule has 3 aromatic rings. The molecule has 1 aromatic carbocycles. The molecule has 4 nitrogen and oxygen atoms in total. The molecule has 2 heterocycles. The van der Waals surface area contributed by atoms with Crippen LogP contribution in [0.25, 0.3) is 16.6 Å². The summed E-state index contributed by atoms with van der Waals surface area (Å²) in [5.74, 6) is -0.192. The summed E-state index contributed by atoms with van der Waals surface area (Å²) < 4.78 is 7.31. The van der Waals surface area contributed by atoms with Crippen molar-refractivity contribution in [3.63, 3.8) is 0 Å². The van der Waals surface area contributed by atoms with Crippen LogP contribution in [0.5, 0.6) is 5.75 Å². The first kappa shape index (κ1) is 13.2. The normalized spacial score (nSPS) is 10.7. The van der Waals surface area contributed by atoms with Gasteiger partial charge in [-0.3, -0.25) is 0 Å². The van der Waals surface area contributed by atoms with Gasteiger partial charge in [0.05, 0.1) is 17.7 Å². The van der Waals surface area contributed by atoms with Gasteiger partial charge in [-0.25, -0.2) is 4.79 Å². The number of hydrogen-bond acceptors (Lipinski definition) is 2. The number of benzene rings is 1. The number of pyridine rings is 1. The van der Waals surface area contributed by atoms with E-state index in [0.717, 1.165) is 11.3 Å². The molecule has 106 valence electrons. The van der Waals surface area contributed by atoms with E-state index in [-0.39, 0.29) is 0 Å². The fourth-order valence-electron chi connectivity index (χ4n) is 2.49. The highest BCUT2D eigenvalue weighted by atomic mass is 16.5. The number of carboxylic acids is 1. The molecule has 3 rings (SSSR count). The van der Waals surface area contributed by atoms with Gasteiger partial charge in [-0.15, -0.1) is 0 Å². The van der Waals surface area contributed by atoms with Gasteiger partial charge in [-0.2, -0.15) is 0 Å². The zero-order valence-corrected chi connectivity index (χ0v) is 11.6. The van der Waals surface area contributed by atoms with Gasteiger partial charge >= 0.3 is 5.97 Å². The summed E-state index contributed by atoms with van der Waals surface area (Å²) in [7, 11) is 0. The Labute approximate surface area is 122 Å². The van der Waals surface area contributed by atoms with E-state index in [9.17, 15) is 9.90 Å². The van der Waals surface area contributed by atoms with Gasteiger partial charge < -0.3 is 14.2 Å². The number of aromatic carboxylic acids is 1. The van der Waals surface area contributed by atoms with Crippen LogP contribution < -0.4 is 4.74 Å². The Kier molecular flexibility index (Phi) is 3.36. The van der Waals surface area contributed by atoms with Crippen molar-refractivity contribution in [1.29, 1.82) is 0 Å². The van der Waals surface area contributed by atoms with Gasteiger partial charge in [-0.1, -0.05) is 18.2 Å². The molecule has 0 saturated carbocycles. The molecule has 0 bridgehead atoms. The second kappa shape index (κ2) is 5.32. The Morgan fingerprint density at radius 3 is 2.86 bits per heavy atom. The highest BCUT2D eigenvalue weighted by Gasteiger charge is 2.18. The molecule has 21 heavy (non-hydrogen) atoms. The third-order valence-corrected chi connectivity index (χ3v) is 3.35. The Hall–Kier alpha value is -2.75. The second-order valence-electron chi connectivity index (χ2n) is 4.68. The maximum Gasteiger partial charge on any atom is 0.338 e. The Bertz CT molecular complexity index is 805. The Morgan fingerprint density at radius 2 is 2.10 bits per heavy atom. The van der Waals surface area contributed by atoms with Crippen molar-refractivity contribution < 1.29 is 14.6 Å². The first-order valence-electron chi connectivity index (χ1n) is 6.77. The van der Waals surface area contributed by atoms with E-state index >= 15 is 0 Å². The summed E-state index contributed by atoms with van der Waals surface area (Å²) >= 11 is 0. The third-order valence-electron chi connectivity index (χ3n) is 3.35. The molecule has 4 heteroatoms. The van der Waals surface area contributed by atoms with Crippen LogP contribution in [0.15, 0.2) is 54.9 Å². The van der Waals surface area contributed by atoms with Crippen molar-refractivity contribution >= 4 is 11.5 Å². The van der Waals surface area contributed by atoms with Crippen LogP contribution in [0.4, 0.5) is 0 Å². The number of rotatable bonds is 4. The van der Waals surface area contributed by atoms with Crippen LogP contribution in [-0.4, -0.2) is 22.1 Å². The fourth-order valence-corrected chi connectivity index (χ4v) is 2.49. The van der Waals surface area contributed by atoms with Gasteiger partial charge in [0, 0.05) is 18.0 Å². The number of aromatic nitrogens is 1. The van der Waals surface area contributed by atoms with E-state index in [1.54, 1.807) is 6.07 Å². The van der Waals surface area contributed by atoms with E-state index in [4.69, 9.17) is 4.74 Å². The van der Waals surface area contributed by atoms with E-state index in [1.165, 1.54) is 0 Å². The summed E-state index contributed by atoms with van der Waals surface area (Å²) in [4.78, 5) is 11.6. The molecule has 0 aliphatic rings. The van der Waals surface area contributed by atoms with Crippen LogP contribution in [-0.2, 0) is 0 Å². The minimum atomic E-state index is -0.930. The highest BCUT2D eigenvalue weighted by Crippen LogP contribution is 2.31. The molecule has 0 fully saturated rings. The van der Waals surface area contributed by atoms with Crippen molar-refractivity contribution in [2.24, 2.45) is 0 Å². The average molecular weight is 281 g/mol. The molecule has 0 aliphatic carbocycles. The lowest BCUT2D eigenvalue weighted by Gasteiger charge is -2.05. The van der Waals surface area contributed by atoms with Crippen LogP contribution in [0.1, 0.15) is 17.3 Å². The smallest absolute Gasteiger partial charge is 0.338 e. The molecular formula is C17H15NO3. The minimum Gasteiger partial charge on any atom is -0.494 e. The number of carboxylic acid groups (broad SMARTS) is 1. The summed E-state index contributed by atoms with van der Waals surface area (Å²) in [6.07, 6.45) is 3.68. The zero-order chi connectivity index (χ0) is 14.8. The molecule has 0 aliphatic heterocycles. The Morgan fingerprint density at radius 1 is 1.24 bits per heavy atom. The quantitative estimate of drug-likeness (QED) is 0.793. The fraction of sp³-hybridized carbons (Fsp3) is 0.118. The molecule has 0 radical (unpaired) electrons.